The topological polar surface area (TPSA) is 18.5 Å². The van der Waals surface area contributed by atoms with E-state index >= 15 is 0 Å². The molecule has 1 saturated heterocycles. The van der Waals surface area contributed by atoms with Gasteiger partial charge in [-0.1, -0.05) is 22.6 Å². The zero-order valence-electron chi connectivity index (χ0n) is 8.28. The third kappa shape index (κ3) is 4.86. The maximum atomic E-state index is 11.9. The van der Waals surface area contributed by atoms with Crippen molar-refractivity contribution in [3.05, 3.63) is 0 Å². The monoisotopic (exact) mass is 338 g/mol. The van der Waals surface area contributed by atoms with Crippen LogP contribution in [0.5, 0.6) is 0 Å². The summed E-state index contributed by atoms with van der Waals surface area (Å²) in [6, 6.07) is 0. The van der Waals surface area contributed by atoms with E-state index in [0.717, 1.165) is 0 Å². The third-order valence-electron chi connectivity index (χ3n) is 2.44. The lowest BCUT2D eigenvalue weighted by atomic mass is 9.97. The Kier molecular flexibility index (Phi) is 5.11. The summed E-state index contributed by atoms with van der Waals surface area (Å²) in [5.41, 5.74) is -0.399. The molecule has 2 nitrogen and oxygen atoms in total. The zero-order chi connectivity index (χ0) is 11.4. The zero-order valence-corrected chi connectivity index (χ0v) is 10.4. The van der Waals surface area contributed by atoms with Crippen molar-refractivity contribution in [2.45, 2.75) is 31.0 Å². The second-order valence-electron chi connectivity index (χ2n) is 3.64. The summed E-state index contributed by atoms with van der Waals surface area (Å²) in [5.74, 6) is 0. The molecule has 0 unspecified atom stereocenters. The van der Waals surface area contributed by atoms with Crippen LogP contribution in [0.25, 0.3) is 0 Å². The summed E-state index contributed by atoms with van der Waals surface area (Å²) in [6.45, 7) is 0.913. The van der Waals surface area contributed by atoms with Crippen molar-refractivity contribution < 1.29 is 22.6 Å². The molecule has 0 N–H and O–H groups in total. The molecule has 0 bridgehead atoms. The van der Waals surface area contributed by atoms with Gasteiger partial charge < -0.3 is 9.47 Å². The normalized spacial score (nSPS) is 21.6. The van der Waals surface area contributed by atoms with E-state index in [-0.39, 0.29) is 6.61 Å². The quantitative estimate of drug-likeness (QED) is 0.580. The van der Waals surface area contributed by atoms with Gasteiger partial charge in [0, 0.05) is 30.5 Å². The van der Waals surface area contributed by atoms with Crippen molar-refractivity contribution >= 4 is 22.6 Å². The number of hydrogen-bond acceptors (Lipinski definition) is 2. The number of ether oxygens (including phenoxy) is 2. The van der Waals surface area contributed by atoms with E-state index < -0.39 is 18.2 Å². The Labute approximate surface area is 101 Å². The molecule has 0 spiro atoms. The summed E-state index contributed by atoms with van der Waals surface area (Å²) < 4.78 is 47.1. The third-order valence-corrected chi connectivity index (χ3v) is 3.83. The lowest BCUT2D eigenvalue weighted by Crippen LogP contribution is -2.41. The fraction of sp³-hybridized carbons (Fsp3) is 1.00. The van der Waals surface area contributed by atoms with Crippen LogP contribution in [0.1, 0.15) is 19.3 Å². The Morgan fingerprint density at radius 1 is 1.27 bits per heavy atom. The second kappa shape index (κ2) is 5.67. The number of halogens is 4. The average molecular weight is 338 g/mol. The van der Waals surface area contributed by atoms with Crippen LogP contribution < -0.4 is 0 Å². The van der Waals surface area contributed by atoms with Crippen molar-refractivity contribution in [1.82, 2.24) is 0 Å². The van der Waals surface area contributed by atoms with Gasteiger partial charge in [-0.15, -0.1) is 0 Å². The first-order chi connectivity index (χ1) is 6.97. The minimum absolute atomic E-state index is 0.244. The lowest BCUT2D eigenvalue weighted by molar-refractivity contribution is -0.164. The Morgan fingerprint density at radius 2 is 1.87 bits per heavy atom. The van der Waals surface area contributed by atoms with E-state index in [0.29, 0.717) is 30.5 Å². The van der Waals surface area contributed by atoms with E-state index in [1.807, 2.05) is 0 Å². The van der Waals surface area contributed by atoms with Crippen LogP contribution in [0, 0.1) is 0 Å². The largest absolute Gasteiger partial charge is 0.391 e. The Morgan fingerprint density at radius 3 is 2.33 bits per heavy atom. The maximum absolute atomic E-state index is 11.9. The second-order valence-corrected chi connectivity index (χ2v) is 4.41. The SMILES string of the molecule is FC(F)(F)CCOC1(CI)CCOCC1. The van der Waals surface area contributed by atoms with Crippen molar-refractivity contribution in [1.29, 1.82) is 0 Å². The predicted molar refractivity (Wildman–Crippen MR) is 58.3 cm³/mol. The molecule has 1 aliphatic heterocycles. The van der Waals surface area contributed by atoms with E-state index in [9.17, 15) is 13.2 Å². The molecule has 0 saturated carbocycles. The van der Waals surface area contributed by atoms with Gasteiger partial charge in [0.2, 0.25) is 0 Å². The highest BCUT2D eigenvalue weighted by Gasteiger charge is 2.34. The van der Waals surface area contributed by atoms with Gasteiger partial charge in [-0.3, -0.25) is 0 Å². The van der Waals surface area contributed by atoms with Crippen molar-refractivity contribution in [3.63, 3.8) is 0 Å². The summed E-state index contributed by atoms with van der Waals surface area (Å²) in [5, 5.41) is 0. The molecular weight excluding hydrogens is 324 g/mol. The van der Waals surface area contributed by atoms with E-state index in [2.05, 4.69) is 22.6 Å². The summed E-state index contributed by atoms with van der Waals surface area (Å²) >= 11 is 2.16. The highest BCUT2D eigenvalue weighted by molar-refractivity contribution is 14.1. The average Bonchev–Trinajstić information content (AvgIpc) is 2.17. The molecule has 90 valence electrons. The van der Waals surface area contributed by atoms with Crippen LogP contribution in [0.3, 0.4) is 0 Å². The van der Waals surface area contributed by atoms with Crippen LogP contribution in [-0.4, -0.2) is 36.0 Å². The molecule has 1 aliphatic rings. The van der Waals surface area contributed by atoms with Gasteiger partial charge in [-0.25, -0.2) is 0 Å². The smallest absolute Gasteiger partial charge is 0.381 e. The van der Waals surface area contributed by atoms with Crippen LogP contribution in [-0.2, 0) is 9.47 Å². The summed E-state index contributed by atoms with van der Waals surface area (Å²) in [4.78, 5) is 0. The molecule has 0 aliphatic carbocycles. The molecule has 0 radical (unpaired) electrons. The predicted octanol–water partition coefficient (Wildman–Crippen LogP) is 2.94. The van der Waals surface area contributed by atoms with Gasteiger partial charge in [0.05, 0.1) is 18.6 Å². The number of rotatable bonds is 4. The number of hydrogen-bond donors (Lipinski definition) is 0. The van der Waals surface area contributed by atoms with E-state index in [1.54, 1.807) is 0 Å². The van der Waals surface area contributed by atoms with Gasteiger partial charge in [-0.2, -0.15) is 13.2 Å². The molecule has 15 heavy (non-hydrogen) atoms. The first-order valence-corrected chi connectivity index (χ1v) is 6.34. The molecule has 1 heterocycles. The minimum atomic E-state index is -4.13. The van der Waals surface area contributed by atoms with Gasteiger partial charge in [0.1, 0.15) is 0 Å². The summed E-state index contributed by atoms with van der Waals surface area (Å²) in [7, 11) is 0. The Balaban J connectivity index is 2.33. The molecule has 6 heteroatoms. The van der Waals surface area contributed by atoms with Gasteiger partial charge in [-0.05, 0) is 0 Å². The highest BCUT2D eigenvalue weighted by Crippen LogP contribution is 2.29. The van der Waals surface area contributed by atoms with E-state index in [1.165, 1.54) is 0 Å². The van der Waals surface area contributed by atoms with Crippen LogP contribution in [0.15, 0.2) is 0 Å². The van der Waals surface area contributed by atoms with Gasteiger partial charge in [0.15, 0.2) is 0 Å². The van der Waals surface area contributed by atoms with Crippen molar-refractivity contribution in [2.24, 2.45) is 0 Å². The fourth-order valence-electron chi connectivity index (χ4n) is 1.44. The van der Waals surface area contributed by atoms with E-state index in [4.69, 9.17) is 9.47 Å². The van der Waals surface area contributed by atoms with Crippen molar-refractivity contribution in [3.8, 4) is 0 Å². The molecule has 1 rings (SSSR count). The van der Waals surface area contributed by atoms with Gasteiger partial charge >= 0.3 is 6.18 Å². The Hall–Kier alpha value is 0.440. The molecule has 0 amide bonds. The summed E-state index contributed by atoms with van der Waals surface area (Å²) in [6.07, 6.45) is -3.62. The van der Waals surface area contributed by atoms with Crippen LogP contribution >= 0.6 is 22.6 Å². The van der Waals surface area contributed by atoms with Gasteiger partial charge in [0.25, 0.3) is 0 Å². The molecular formula is C9H14F3IO2. The van der Waals surface area contributed by atoms with Crippen LogP contribution in [0.4, 0.5) is 13.2 Å². The first-order valence-electron chi connectivity index (χ1n) is 4.82. The molecule has 0 atom stereocenters. The molecule has 0 aromatic carbocycles. The first kappa shape index (κ1) is 13.5. The maximum Gasteiger partial charge on any atom is 0.391 e. The van der Waals surface area contributed by atoms with Crippen LogP contribution in [0.2, 0.25) is 0 Å². The minimum Gasteiger partial charge on any atom is -0.381 e. The molecule has 0 aromatic heterocycles. The Bertz CT molecular complexity index is 190. The number of alkyl halides is 4. The highest BCUT2D eigenvalue weighted by atomic mass is 127. The standard InChI is InChI=1S/C9H14F3IO2/c10-9(11,12)3-6-15-8(7-13)1-4-14-5-2-8/h1-7H2. The van der Waals surface area contributed by atoms with Crippen molar-refractivity contribution in [2.75, 3.05) is 24.2 Å². The lowest BCUT2D eigenvalue weighted by Gasteiger charge is -2.35. The fourth-order valence-corrected chi connectivity index (χ4v) is 2.43. The molecule has 1 fully saturated rings. The molecule has 0 aromatic rings.